The van der Waals surface area contributed by atoms with Crippen molar-refractivity contribution in [1.29, 1.82) is 0 Å². The van der Waals surface area contributed by atoms with Gasteiger partial charge < -0.3 is 19.7 Å². The van der Waals surface area contributed by atoms with Crippen LogP contribution < -0.4 is 10.1 Å². The molecular formula is C20H33N3O2. The third-order valence-corrected chi connectivity index (χ3v) is 4.33. The van der Waals surface area contributed by atoms with E-state index in [1.165, 1.54) is 5.56 Å². The molecule has 5 heteroatoms. The Morgan fingerprint density at radius 3 is 3.00 bits per heavy atom. The number of benzene rings is 1. The molecule has 1 atom stereocenters. The van der Waals surface area contributed by atoms with Gasteiger partial charge in [0.25, 0.3) is 0 Å². The van der Waals surface area contributed by atoms with E-state index in [4.69, 9.17) is 14.5 Å². The summed E-state index contributed by atoms with van der Waals surface area (Å²) in [7, 11) is 2.10. The van der Waals surface area contributed by atoms with E-state index >= 15 is 0 Å². The Kier molecular flexibility index (Phi) is 8.60. The molecule has 0 aliphatic carbocycles. The van der Waals surface area contributed by atoms with E-state index in [9.17, 15) is 0 Å². The molecule has 1 saturated heterocycles. The van der Waals surface area contributed by atoms with Gasteiger partial charge in [-0.25, -0.2) is 4.99 Å². The van der Waals surface area contributed by atoms with Crippen LogP contribution in [0.1, 0.15) is 38.7 Å². The first-order valence-electron chi connectivity index (χ1n) is 9.51. The number of guanidine groups is 1. The largest absolute Gasteiger partial charge is 0.494 e. The second kappa shape index (κ2) is 11.0. The van der Waals surface area contributed by atoms with Crippen LogP contribution >= 0.6 is 0 Å². The Morgan fingerprint density at radius 1 is 1.40 bits per heavy atom. The maximum atomic E-state index is 5.79. The summed E-state index contributed by atoms with van der Waals surface area (Å²) in [6.45, 7) is 9.29. The monoisotopic (exact) mass is 347 g/mol. The Labute approximate surface area is 152 Å². The molecular weight excluding hydrogens is 314 g/mol. The van der Waals surface area contributed by atoms with Crippen LogP contribution in [0.3, 0.4) is 0 Å². The zero-order valence-electron chi connectivity index (χ0n) is 16.0. The van der Waals surface area contributed by atoms with Crippen molar-refractivity contribution in [3.05, 3.63) is 29.8 Å². The van der Waals surface area contributed by atoms with Gasteiger partial charge in [0, 0.05) is 32.7 Å². The van der Waals surface area contributed by atoms with E-state index in [0.29, 0.717) is 12.5 Å². The molecule has 0 bridgehead atoms. The van der Waals surface area contributed by atoms with Gasteiger partial charge in [-0.1, -0.05) is 25.5 Å². The van der Waals surface area contributed by atoms with Gasteiger partial charge in [-0.05, 0) is 37.5 Å². The third-order valence-electron chi connectivity index (χ3n) is 4.33. The third kappa shape index (κ3) is 6.94. The highest BCUT2D eigenvalue weighted by Crippen LogP contribution is 2.16. The lowest BCUT2D eigenvalue weighted by molar-refractivity contribution is 0.181. The predicted molar refractivity (Wildman–Crippen MR) is 103 cm³/mol. The standard InChI is InChI=1S/C20H33N3O2/c1-4-6-11-25-19-9-7-8-17(13-19)14-22-20(21-5-2)23(3)15-18-10-12-24-16-18/h7-9,13,18H,4-6,10-12,14-16H2,1-3H3,(H,21,22). The lowest BCUT2D eigenvalue weighted by atomic mass is 10.1. The molecule has 140 valence electrons. The highest BCUT2D eigenvalue weighted by molar-refractivity contribution is 5.79. The van der Waals surface area contributed by atoms with Gasteiger partial charge in [0.1, 0.15) is 5.75 Å². The Hall–Kier alpha value is -1.75. The summed E-state index contributed by atoms with van der Waals surface area (Å²) in [5, 5.41) is 3.39. The first-order chi connectivity index (χ1) is 12.2. The number of rotatable bonds is 9. The van der Waals surface area contributed by atoms with Crippen LogP contribution in [0.2, 0.25) is 0 Å². The quantitative estimate of drug-likeness (QED) is 0.423. The molecule has 0 radical (unpaired) electrons. The maximum Gasteiger partial charge on any atom is 0.193 e. The summed E-state index contributed by atoms with van der Waals surface area (Å²) in [4.78, 5) is 7.01. The Balaban J connectivity index is 1.93. The number of aliphatic imine (C=N–C) groups is 1. The highest BCUT2D eigenvalue weighted by atomic mass is 16.5. The Bertz CT molecular complexity index is 527. The molecule has 2 rings (SSSR count). The van der Waals surface area contributed by atoms with Gasteiger partial charge in [0.15, 0.2) is 5.96 Å². The lowest BCUT2D eigenvalue weighted by Crippen LogP contribution is -2.41. The molecule has 1 unspecified atom stereocenters. The molecule has 1 fully saturated rings. The summed E-state index contributed by atoms with van der Waals surface area (Å²) < 4.78 is 11.3. The summed E-state index contributed by atoms with van der Waals surface area (Å²) in [6.07, 6.45) is 3.37. The fourth-order valence-electron chi connectivity index (χ4n) is 2.90. The van der Waals surface area contributed by atoms with Crippen molar-refractivity contribution in [3.63, 3.8) is 0 Å². The van der Waals surface area contributed by atoms with Crippen LogP contribution in [0.5, 0.6) is 5.75 Å². The fraction of sp³-hybridized carbons (Fsp3) is 0.650. The van der Waals surface area contributed by atoms with Crippen molar-refractivity contribution in [2.45, 2.75) is 39.7 Å². The summed E-state index contributed by atoms with van der Waals surface area (Å²) in [6, 6.07) is 8.25. The minimum absolute atomic E-state index is 0.601. The second-order valence-corrected chi connectivity index (χ2v) is 6.63. The minimum Gasteiger partial charge on any atom is -0.494 e. The molecule has 0 saturated carbocycles. The van der Waals surface area contributed by atoms with Gasteiger partial charge in [0.2, 0.25) is 0 Å². The number of ether oxygens (including phenoxy) is 2. The van der Waals surface area contributed by atoms with Crippen molar-refractivity contribution in [2.24, 2.45) is 10.9 Å². The second-order valence-electron chi connectivity index (χ2n) is 6.63. The van der Waals surface area contributed by atoms with Gasteiger partial charge in [-0.15, -0.1) is 0 Å². The smallest absolute Gasteiger partial charge is 0.193 e. The van der Waals surface area contributed by atoms with E-state index in [-0.39, 0.29) is 0 Å². The summed E-state index contributed by atoms with van der Waals surface area (Å²) in [5.74, 6) is 2.48. The van der Waals surface area contributed by atoms with Crippen LogP contribution in [-0.4, -0.2) is 50.8 Å². The molecule has 0 aromatic heterocycles. The Morgan fingerprint density at radius 2 is 2.28 bits per heavy atom. The van der Waals surface area contributed by atoms with Gasteiger partial charge in [-0.2, -0.15) is 0 Å². The molecule has 25 heavy (non-hydrogen) atoms. The topological polar surface area (TPSA) is 46.1 Å². The van der Waals surface area contributed by atoms with Crippen LogP contribution in [0.15, 0.2) is 29.3 Å². The van der Waals surface area contributed by atoms with Gasteiger partial charge in [0.05, 0.1) is 19.8 Å². The predicted octanol–water partition coefficient (Wildman–Crippen LogP) is 3.30. The van der Waals surface area contributed by atoms with E-state index in [2.05, 4.69) is 43.2 Å². The number of hydrogen-bond donors (Lipinski definition) is 1. The van der Waals surface area contributed by atoms with Gasteiger partial charge in [-0.3, -0.25) is 0 Å². The zero-order chi connectivity index (χ0) is 17.9. The van der Waals surface area contributed by atoms with Crippen molar-refractivity contribution in [2.75, 3.05) is 40.0 Å². The van der Waals surface area contributed by atoms with Crippen molar-refractivity contribution < 1.29 is 9.47 Å². The molecule has 1 N–H and O–H groups in total. The van der Waals surface area contributed by atoms with E-state index in [1.807, 2.05) is 12.1 Å². The van der Waals surface area contributed by atoms with Crippen molar-refractivity contribution >= 4 is 5.96 Å². The molecule has 1 aliphatic rings. The molecule has 1 heterocycles. The summed E-state index contributed by atoms with van der Waals surface area (Å²) >= 11 is 0. The van der Waals surface area contributed by atoms with Crippen LogP contribution in [0, 0.1) is 5.92 Å². The van der Waals surface area contributed by atoms with Crippen LogP contribution in [-0.2, 0) is 11.3 Å². The van der Waals surface area contributed by atoms with E-state index in [0.717, 1.165) is 63.9 Å². The molecule has 1 aromatic carbocycles. The minimum atomic E-state index is 0.601. The SMILES string of the molecule is CCCCOc1cccc(CN=C(NCC)N(C)CC2CCOC2)c1. The molecule has 1 aliphatic heterocycles. The van der Waals surface area contributed by atoms with Crippen LogP contribution in [0.4, 0.5) is 0 Å². The average molecular weight is 348 g/mol. The lowest BCUT2D eigenvalue weighted by Gasteiger charge is -2.24. The van der Waals surface area contributed by atoms with Crippen LogP contribution in [0.25, 0.3) is 0 Å². The van der Waals surface area contributed by atoms with Crippen molar-refractivity contribution in [3.8, 4) is 5.75 Å². The highest BCUT2D eigenvalue weighted by Gasteiger charge is 2.19. The first-order valence-corrected chi connectivity index (χ1v) is 9.51. The number of nitrogens with zero attached hydrogens (tertiary/aromatic N) is 2. The van der Waals surface area contributed by atoms with Gasteiger partial charge >= 0.3 is 0 Å². The molecule has 0 spiro atoms. The first kappa shape index (κ1) is 19.6. The number of hydrogen-bond acceptors (Lipinski definition) is 3. The average Bonchev–Trinajstić information content (AvgIpc) is 3.12. The molecule has 0 amide bonds. The maximum absolute atomic E-state index is 5.79. The van der Waals surface area contributed by atoms with E-state index < -0.39 is 0 Å². The summed E-state index contributed by atoms with van der Waals surface area (Å²) in [5.41, 5.74) is 1.17. The number of unbranched alkanes of at least 4 members (excludes halogenated alkanes) is 1. The van der Waals surface area contributed by atoms with Crippen molar-refractivity contribution in [1.82, 2.24) is 10.2 Å². The number of nitrogens with one attached hydrogen (secondary N) is 1. The zero-order valence-corrected chi connectivity index (χ0v) is 16.0. The normalized spacial score (nSPS) is 17.6. The molecule has 1 aromatic rings. The van der Waals surface area contributed by atoms with E-state index in [1.54, 1.807) is 0 Å². The molecule has 5 nitrogen and oxygen atoms in total. The fourth-order valence-corrected chi connectivity index (χ4v) is 2.90.